The van der Waals surface area contributed by atoms with Crippen molar-refractivity contribution < 1.29 is 9.53 Å². The molecule has 0 aliphatic carbocycles. The van der Waals surface area contributed by atoms with Crippen LogP contribution in [0, 0.1) is 11.8 Å². The van der Waals surface area contributed by atoms with Gasteiger partial charge in [0.15, 0.2) is 0 Å². The van der Waals surface area contributed by atoms with Crippen LogP contribution in [0.2, 0.25) is 0 Å². The van der Waals surface area contributed by atoms with Gasteiger partial charge in [-0.3, -0.25) is 4.79 Å². The van der Waals surface area contributed by atoms with Crippen molar-refractivity contribution in [2.75, 3.05) is 26.2 Å². The summed E-state index contributed by atoms with van der Waals surface area (Å²) < 4.78 is 5.90. The molecule has 4 heteroatoms. The van der Waals surface area contributed by atoms with Gasteiger partial charge < -0.3 is 15.4 Å². The Kier molecular flexibility index (Phi) is 8.72. The van der Waals surface area contributed by atoms with Crippen LogP contribution >= 0.6 is 0 Å². The van der Waals surface area contributed by atoms with E-state index >= 15 is 0 Å². The first-order chi connectivity index (χ1) is 10.4. The zero-order chi connectivity index (χ0) is 16.4. The van der Waals surface area contributed by atoms with E-state index in [-0.39, 0.29) is 5.91 Å². The summed E-state index contributed by atoms with van der Waals surface area (Å²) in [6.45, 7) is 13.6. The van der Waals surface area contributed by atoms with Crippen LogP contribution < -0.4 is 10.6 Å². The van der Waals surface area contributed by atoms with Gasteiger partial charge in [-0.2, -0.15) is 0 Å². The maximum atomic E-state index is 12.1. The minimum absolute atomic E-state index is 0.0997. The third kappa shape index (κ3) is 8.54. The summed E-state index contributed by atoms with van der Waals surface area (Å²) in [5.41, 5.74) is -0.397. The second-order valence-electron chi connectivity index (χ2n) is 7.20. The smallest absolute Gasteiger partial charge is 0.222 e. The molecule has 1 atom stereocenters. The molecule has 0 bridgehead atoms. The Labute approximate surface area is 136 Å². The van der Waals surface area contributed by atoms with Crippen molar-refractivity contribution in [3.63, 3.8) is 0 Å². The first-order valence-electron chi connectivity index (χ1n) is 8.65. The Morgan fingerprint density at radius 2 is 2.14 bits per heavy atom. The molecule has 2 N–H and O–H groups in total. The molecule has 1 fully saturated rings. The van der Waals surface area contributed by atoms with Crippen LogP contribution in [0.3, 0.4) is 0 Å². The molecule has 22 heavy (non-hydrogen) atoms. The molecule has 1 heterocycles. The number of hydrogen-bond acceptors (Lipinski definition) is 3. The number of hydrogen-bond donors (Lipinski definition) is 2. The van der Waals surface area contributed by atoms with Crippen molar-refractivity contribution in [2.24, 2.45) is 11.8 Å². The summed E-state index contributed by atoms with van der Waals surface area (Å²) in [5.74, 6) is 1.30. The highest BCUT2D eigenvalue weighted by Gasteiger charge is 2.23. The first-order valence-corrected chi connectivity index (χ1v) is 8.65. The van der Waals surface area contributed by atoms with Gasteiger partial charge >= 0.3 is 0 Å². The number of rotatable bonds is 10. The molecule has 0 saturated carbocycles. The summed E-state index contributed by atoms with van der Waals surface area (Å²) in [5, 5.41) is 6.41. The Morgan fingerprint density at radius 3 is 2.77 bits per heavy atom. The van der Waals surface area contributed by atoms with Gasteiger partial charge in [0.25, 0.3) is 0 Å². The zero-order valence-corrected chi connectivity index (χ0v) is 14.6. The van der Waals surface area contributed by atoms with Gasteiger partial charge in [-0.1, -0.05) is 13.0 Å². The Hall–Kier alpha value is -0.870. The maximum Gasteiger partial charge on any atom is 0.222 e. The van der Waals surface area contributed by atoms with E-state index in [1.807, 2.05) is 19.9 Å². The third-order valence-electron chi connectivity index (χ3n) is 4.31. The molecule has 0 radical (unpaired) electrons. The second-order valence-corrected chi connectivity index (χ2v) is 7.20. The van der Waals surface area contributed by atoms with Crippen LogP contribution in [0.15, 0.2) is 12.7 Å². The molecule has 0 aromatic heterocycles. The Morgan fingerprint density at radius 1 is 1.45 bits per heavy atom. The highest BCUT2D eigenvalue weighted by molar-refractivity contribution is 5.76. The lowest BCUT2D eigenvalue weighted by molar-refractivity contribution is -0.127. The van der Waals surface area contributed by atoms with Gasteiger partial charge in [0, 0.05) is 13.2 Å². The van der Waals surface area contributed by atoms with E-state index in [9.17, 15) is 4.79 Å². The summed E-state index contributed by atoms with van der Waals surface area (Å²) in [4.78, 5) is 12.1. The highest BCUT2D eigenvalue weighted by atomic mass is 16.5. The molecular formula is C18H34N2O2. The molecule has 0 aromatic rings. The van der Waals surface area contributed by atoms with Gasteiger partial charge in [-0.25, -0.2) is 0 Å². The molecule has 1 saturated heterocycles. The summed E-state index contributed by atoms with van der Waals surface area (Å²) in [6.07, 6.45) is 6.70. The zero-order valence-electron chi connectivity index (χ0n) is 14.6. The molecule has 4 nitrogen and oxygen atoms in total. The molecule has 128 valence electrons. The average Bonchev–Trinajstić information content (AvgIpc) is 2.46. The van der Waals surface area contributed by atoms with E-state index < -0.39 is 5.60 Å². The minimum atomic E-state index is -0.397. The quantitative estimate of drug-likeness (QED) is 0.610. The van der Waals surface area contributed by atoms with E-state index in [0.29, 0.717) is 24.9 Å². The van der Waals surface area contributed by atoms with Crippen molar-refractivity contribution in [3.05, 3.63) is 12.7 Å². The number of nitrogens with one attached hydrogen (secondary N) is 2. The van der Waals surface area contributed by atoms with Gasteiger partial charge in [0.2, 0.25) is 5.91 Å². The van der Waals surface area contributed by atoms with Crippen LogP contribution in [-0.4, -0.2) is 37.7 Å². The minimum Gasteiger partial charge on any atom is -0.375 e. The van der Waals surface area contributed by atoms with Crippen LogP contribution in [0.25, 0.3) is 0 Å². The lowest BCUT2D eigenvalue weighted by Crippen LogP contribution is -2.39. The number of allylic oxidation sites excluding steroid dienone is 1. The SMILES string of the molecule is C=CCC(C)CCOC(C)(C)CC(=O)NCC1CCNCC1. The van der Waals surface area contributed by atoms with Gasteiger partial charge in [0.1, 0.15) is 0 Å². The number of carbonyl (C=O) groups excluding carboxylic acids is 1. The number of ether oxygens (including phenoxy) is 1. The standard InChI is InChI=1S/C18H34N2O2/c1-5-6-15(2)9-12-22-18(3,4)13-17(21)20-14-16-7-10-19-11-8-16/h5,15-16,19H,1,6-14H2,2-4H3,(H,20,21). The fourth-order valence-corrected chi connectivity index (χ4v) is 2.78. The first kappa shape index (κ1) is 19.2. The molecule has 1 aliphatic heterocycles. The predicted octanol–water partition coefficient (Wildman–Crippen LogP) is 2.89. The van der Waals surface area contributed by atoms with Gasteiger partial charge in [-0.15, -0.1) is 6.58 Å². The highest BCUT2D eigenvalue weighted by Crippen LogP contribution is 2.17. The Bertz CT molecular complexity index is 336. The molecule has 1 amide bonds. The number of carbonyl (C=O) groups is 1. The van der Waals surface area contributed by atoms with Crippen molar-refractivity contribution in [2.45, 2.75) is 58.5 Å². The summed E-state index contributed by atoms with van der Waals surface area (Å²) in [6, 6.07) is 0. The van der Waals surface area contributed by atoms with E-state index in [2.05, 4.69) is 24.1 Å². The largest absolute Gasteiger partial charge is 0.375 e. The van der Waals surface area contributed by atoms with Crippen molar-refractivity contribution in [1.29, 1.82) is 0 Å². The van der Waals surface area contributed by atoms with Crippen molar-refractivity contribution >= 4 is 5.91 Å². The van der Waals surface area contributed by atoms with Crippen LogP contribution in [0.1, 0.15) is 52.9 Å². The van der Waals surface area contributed by atoms with E-state index in [1.165, 1.54) is 0 Å². The third-order valence-corrected chi connectivity index (χ3v) is 4.31. The maximum absolute atomic E-state index is 12.1. The lowest BCUT2D eigenvalue weighted by atomic mass is 9.98. The van der Waals surface area contributed by atoms with E-state index in [0.717, 1.165) is 45.3 Å². The van der Waals surface area contributed by atoms with Gasteiger partial charge in [-0.05, 0) is 64.5 Å². The molecule has 1 rings (SSSR count). The summed E-state index contributed by atoms with van der Waals surface area (Å²) in [7, 11) is 0. The molecule has 0 aromatic carbocycles. The number of piperidine rings is 1. The fourth-order valence-electron chi connectivity index (χ4n) is 2.78. The normalized spacial score (nSPS) is 18.0. The van der Waals surface area contributed by atoms with Crippen LogP contribution in [0.5, 0.6) is 0 Å². The Balaban J connectivity index is 2.18. The van der Waals surface area contributed by atoms with E-state index in [4.69, 9.17) is 4.74 Å². The predicted molar refractivity (Wildman–Crippen MR) is 91.8 cm³/mol. The molecule has 1 aliphatic rings. The monoisotopic (exact) mass is 310 g/mol. The van der Waals surface area contributed by atoms with E-state index in [1.54, 1.807) is 0 Å². The van der Waals surface area contributed by atoms with Crippen molar-refractivity contribution in [3.8, 4) is 0 Å². The molecular weight excluding hydrogens is 276 g/mol. The number of amides is 1. The van der Waals surface area contributed by atoms with Crippen LogP contribution in [0.4, 0.5) is 0 Å². The lowest BCUT2D eigenvalue weighted by Gasteiger charge is -2.27. The average molecular weight is 310 g/mol. The second kappa shape index (κ2) is 10.0. The van der Waals surface area contributed by atoms with Crippen LogP contribution in [-0.2, 0) is 9.53 Å². The summed E-state index contributed by atoms with van der Waals surface area (Å²) >= 11 is 0. The topological polar surface area (TPSA) is 50.4 Å². The van der Waals surface area contributed by atoms with Crippen molar-refractivity contribution in [1.82, 2.24) is 10.6 Å². The molecule has 0 spiro atoms. The van der Waals surface area contributed by atoms with Gasteiger partial charge in [0.05, 0.1) is 12.0 Å². The fraction of sp³-hybridized carbons (Fsp3) is 0.833. The molecule has 1 unspecified atom stereocenters.